The monoisotopic (exact) mass is 289 g/mol. The van der Waals surface area contributed by atoms with Gasteiger partial charge >= 0.3 is 0 Å². The van der Waals surface area contributed by atoms with E-state index < -0.39 is 0 Å². The molecule has 4 heteroatoms. The average Bonchev–Trinajstić information content (AvgIpc) is 2.40. The highest BCUT2D eigenvalue weighted by Gasteiger charge is 2.40. The van der Waals surface area contributed by atoms with Crippen molar-refractivity contribution in [3.63, 3.8) is 0 Å². The van der Waals surface area contributed by atoms with Crippen molar-refractivity contribution in [3.8, 4) is 0 Å². The second-order valence-electron chi connectivity index (χ2n) is 5.64. The summed E-state index contributed by atoms with van der Waals surface area (Å²) >= 11 is 4.09. The third-order valence-corrected chi connectivity index (χ3v) is 6.50. The van der Waals surface area contributed by atoms with Crippen LogP contribution in [0.1, 0.15) is 39.0 Å². The van der Waals surface area contributed by atoms with E-state index in [4.69, 9.17) is 10.5 Å². The second kappa shape index (κ2) is 7.41. The largest absolute Gasteiger partial charge is 0.375 e. The molecule has 2 saturated heterocycles. The van der Waals surface area contributed by atoms with E-state index in [0.29, 0.717) is 12.0 Å². The predicted octanol–water partition coefficient (Wildman–Crippen LogP) is 3.15. The maximum atomic E-state index is 6.40. The molecule has 0 saturated carbocycles. The minimum atomic E-state index is 0.196. The summed E-state index contributed by atoms with van der Waals surface area (Å²) < 4.78 is 6.14. The van der Waals surface area contributed by atoms with Gasteiger partial charge in [-0.15, -0.1) is 0 Å². The second-order valence-corrected chi connectivity index (χ2v) is 8.01. The summed E-state index contributed by atoms with van der Waals surface area (Å²) in [6, 6.07) is 0.372. The van der Waals surface area contributed by atoms with Gasteiger partial charge in [0, 0.05) is 18.4 Å². The van der Waals surface area contributed by atoms with E-state index in [1.807, 2.05) is 11.8 Å². The normalized spacial score (nSPS) is 29.3. The van der Waals surface area contributed by atoms with E-state index in [1.165, 1.54) is 49.4 Å². The Bertz CT molecular complexity index is 238. The fourth-order valence-corrected chi connectivity index (χ4v) is 5.26. The van der Waals surface area contributed by atoms with Gasteiger partial charge in [0.1, 0.15) is 0 Å². The van der Waals surface area contributed by atoms with Crippen LogP contribution in [0, 0.1) is 5.92 Å². The van der Waals surface area contributed by atoms with Crippen LogP contribution in [0.4, 0.5) is 0 Å². The summed E-state index contributed by atoms with van der Waals surface area (Å²) in [5.41, 5.74) is 6.59. The van der Waals surface area contributed by atoms with Gasteiger partial charge in [-0.25, -0.2) is 0 Å². The standard InChI is InChI=1S/C14H27NOS2/c1-2-7-18-11-13(15)12-3-6-16-14(10-12)4-8-17-9-5-14/h12-13H,2-11,15H2,1H3. The highest BCUT2D eigenvalue weighted by molar-refractivity contribution is 7.99. The smallest absolute Gasteiger partial charge is 0.0701 e. The van der Waals surface area contributed by atoms with Gasteiger partial charge in [-0.3, -0.25) is 0 Å². The summed E-state index contributed by atoms with van der Waals surface area (Å²) in [5.74, 6) is 5.60. The maximum absolute atomic E-state index is 6.40. The molecule has 2 atom stereocenters. The Balaban J connectivity index is 1.81. The van der Waals surface area contributed by atoms with Gasteiger partial charge in [-0.1, -0.05) is 6.92 Å². The minimum absolute atomic E-state index is 0.196. The third-order valence-electron chi connectivity index (χ3n) is 4.20. The Labute approximate surface area is 120 Å². The first-order valence-corrected chi connectivity index (χ1v) is 9.62. The molecule has 2 aliphatic heterocycles. The molecule has 2 rings (SSSR count). The molecule has 0 bridgehead atoms. The van der Waals surface area contributed by atoms with Gasteiger partial charge in [0.15, 0.2) is 0 Å². The molecule has 106 valence electrons. The molecule has 18 heavy (non-hydrogen) atoms. The van der Waals surface area contributed by atoms with Crippen LogP contribution in [-0.2, 0) is 4.74 Å². The Morgan fingerprint density at radius 1 is 1.44 bits per heavy atom. The van der Waals surface area contributed by atoms with Crippen molar-refractivity contribution in [1.29, 1.82) is 0 Å². The quantitative estimate of drug-likeness (QED) is 0.789. The van der Waals surface area contributed by atoms with Crippen molar-refractivity contribution < 1.29 is 4.74 Å². The minimum Gasteiger partial charge on any atom is -0.375 e. The van der Waals surface area contributed by atoms with Gasteiger partial charge in [-0.2, -0.15) is 23.5 Å². The molecule has 2 heterocycles. The zero-order valence-electron chi connectivity index (χ0n) is 11.5. The summed E-state index contributed by atoms with van der Waals surface area (Å²) in [7, 11) is 0. The lowest BCUT2D eigenvalue weighted by Gasteiger charge is -2.44. The van der Waals surface area contributed by atoms with E-state index in [9.17, 15) is 0 Å². The fraction of sp³-hybridized carbons (Fsp3) is 1.00. The van der Waals surface area contributed by atoms with E-state index in [-0.39, 0.29) is 5.60 Å². The lowest BCUT2D eigenvalue weighted by molar-refractivity contribution is -0.104. The molecule has 2 fully saturated rings. The molecular weight excluding hydrogens is 262 g/mol. The van der Waals surface area contributed by atoms with Gasteiger partial charge in [-0.05, 0) is 55.3 Å². The molecule has 0 aromatic rings. The van der Waals surface area contributed by atoms with Crippen LogP contribution in [0.25, 0.3) is 0 Å². The summed E-state index contributed by atoms with van der Waals surface area (Å²) in [6.07, 6.45) is 6.11. The number of hydrogen-bond donors (Lipinski definition) is 1. The van der Waals surface area contributed by atoms with E-state index in [0.717, 1.165) is 12.4 Å². The highest BCUT2D eigenvalue weighted by atomic mass is 32.2. The lowest BCUT2D eigenvalue weighted by atomic mass is 9.79. The van der Waals surface area contributed by atoms with Crippen LogP contribution < -0.4 is 5.73 Å². The number of nitrogens with two attached hydrogens (primary N) is 1. The zero-order chi connectivity index (χ0) is 12.8. The Morgan fingerprint density at radius 2 is 2.22 bits per heavy atom. The summed E-state index contributed by atoms with van der Waals surface area (Å²) in [5, 5.41) is 0. The Hall–Kier alpha value is 0.620. The van der Waals surface area contributed by atoms with Crippen LogP contribution in [0.15, 0.2) is 0 Å². The number of hydrogen-bond acceptors (Lipinski definition) is 4. The van der Waals surface area contributed by atoms with Crippen LogP contribution in [0.3, 0.4) is 0 Å². The van der Waals surface area contributed by atoms with E-state index in [1.54, 1.807) is 0 Å². The lowest BCUT2D eigenvalue weighted by Crippen LogP contribution is -2.47. The van der Waals surface area contributed by atoms with Crippen molar-refractivity contribution in [1.82, 2.24) is 0 Å². The molecule has 0 aliphatic carbocycles. The average molecular weight is 290 g/mol. The summed E-state index contributed by atoms with van der Waals surface area (Å²) in [6.45, 7) is 3.17. The van der Waals surface area contributed by atoms with Gasteiger partial charge in [0.2, 0.25) is 0 Å². The van der Waals surface area contributed by atoms with Crippen LogP contribution >= 0.6 is 23.5 Å². The van der Waals surface area contributed by atoms with Crippen molar-refractivity contribution in [3.05, 3.63) is 0 Å². The Morgan fingerprint density at radius 3 is 2.94 bits per heavy atom. The van der Waals surface area contributed by atoms with Crippen LogP contribution in [-0.4, -0.2) is 41.3 Å². The molecular formula is C14H27NOS2. The highest BCUT2D eigenvalue weighted by Crippen LogP contribution is 2.40. The molecule has 2 unspecified atom stereocenters. The first kappa shape index (κ1) is 15.0. The van der Waals surface area contributed by atoms with Crippen molar-refractivity contribution in [2.75, 3.05) is 29.6 Å². The predicted molar refractivity (Wildman–Crippen MR) is 83.6 cm³/mol. The Kier molecular flexibility index (Phi) is 6.19. The van der Waals surface area contributed by atoms with Crippen LogP contribution in [0.5, 0.6) is 0 Å². The topological polar surface area (TPSA) is 35.2 Å². The third kappa shape index (κ3) is 4.06. The van der Waals surface area contributed by atoms with Gasteiger partial charge < -0.3 is 10.5 Å². The van der Waals surface area contributed by atoms with E-state index >= 15 is 0 Å². The number of ether oxygens (including phenoxy) is 1. The zero-order valence-corrected chi connectivity index (χ0v) is 13.2. The van der Waals surface area contributed by atoms with Gasteiger partial charge in [0.05, 0.1) is 5.60 Å². The van der Waals surface area contributed by atoms with Crippen molar-refractivity contribution in [2.24, 2.45) is 11.7 Å². The molecule has 0 aromatic heterocycles. The fourth-order valence-electron chi connectivity index (χ4n) is 3.02. The van der Waals surface area contributed by atoms with Crippen LogP contribution in [0.2, 0.25) is 0 Å². The summed E-state index contributed by atoms with van der Waals surface area (Å²) in [4.78, 5) is 0. The number of thioether (sulfide) groups is 2. The molecule has 0 radical (unpaired) electrons. The molecule has 2 nitrogen and oxygen atoms in total. The van der Waals surface area contributed by atoms with E-state index in [2.05, 4.69) is 18.7 Å². The molecule has 2 N–H and O–H groups in total. The maximum Gasteiger partial charge on any atom is 0.0701 e. The molecule has 0 amide bonds. The first-order chi connectivity index (χ1) is 8.76. The van der Waals surface area contributed by atoms with Gasteiger partial charge in [0.25, 0.3) is 0 Å². The first-order valence-electron chi connectivity index (χ1n) is 7.31. The van der Waals surface area contributed by atoms with Crippen molar-refractivity contribution >= 4 is 23.5 Å². The van der Waals surface area contributed by atoms with Crippen molar-refractivity contribution in [2.45, 2.75) is 50.7 Å². The molecule has 0 aromatic carbocycles. The number of rotatable bonds is 5. The molecule has 2 aliphatic rings. The molecule has 1 spiro atoms. The SMILES string of the molecule is CCCSCC(N)C1CCOC2(CCSCC2)C1.